The van der Waals surface area contributed by atoms with Crippen molar-refractivity contribution in [1.29, 1.82) is 0 Å². The summed E-state index contributed by atoms with van der Waals surface area (Å²) in [6.07, 6.45) is 1.31. The molecule has 0 aromatic heterocycles. The van der Waals surface area contributed by atoms with Crippen molar-refractivity contribution in [3.8, 4) is 0 Å². The number of hydrogen-bond acceptors (Lipinski definition) is 4. The summed E-state index contributed by atoms with van der Waals surface area (Å²) in [7, 11) is 3.28. The van der Waals surface area contributed by atoms with E-state index >= 15 is 0 Å². The van der Waals surface area contributed by atoms with Crippen molar-refractivity contribution in [1.82, 2.24) is 10.3 Å². The van der Waals surface area contributed by atoms with E-state index in [4.69, 9.17) is 23.8 Å². The van der Waals surface area contributed by atoms with Gasteiger partial charge in [-0.3, -0.25) is 10.1 Å². The summed E-state index contributed by atoms with van der Waals surface area (Å²) in [6.45, 7) is 0. The molecule has 0 amide bonds. The first-order chi connectivity index (χ1) is 8.47. The zero-order valence-electron chi connectivity index (χ0n) is 9.75. The van der Waals surface area contributed by atoms with E-state index in [1.54, 1.807) is 20.2 Å². The van der Waals surface area contributed by atoms with Crippen molar-refractivity contribution in [3.63, 3.8) is 0 Å². The van der Waals surface area contributed by atoms with E-state index in [1.807, 2.05) is 0 Å². The fourth-order valence-electron chi connectivity index (χ4n) is 1.17. The maximum atomic E-state index is 10.8. The molecule has 6 nitrogen and oxygen atoms in total. The van der Waals surface area contributed by atoms with E-state index in [1.165, 1.54) is 23.4 Å². The monoisotopic (exact) mass is 286 g/mol. The number of nitro benzene ring substituents is 1. The summed E-state index contributed by atoms with van der Waals surface area (Å²) in [4.78, 5) is 10.3. The van der Waals surface area contributed by atoms with Crippen LogP contribution in [-0.4, -0.2) is 35.4 Å². The van der Waals surface area contributed by atoms with Crippen LogP contribution in [0.15, 0.2) is 23.3 Å². The van der Waals surface area contributed by atoms with E-state index in [-0.39, 0.29) is 16.3 Å². The summed E-state index contributed by atoms with van der Waals surface area (Å²) in [5.74, 6) is 0. The molecule has 1 N–H and O–H groups in total. The summed E-state index contributed by atoms with van der Waals surface area (Å²) < 4.78 is 0. The highest BCUT2D eigenvalue weighted by Gasteiger charge is 2.14. The molecule has 0 aliphatic rings. The molecular formula is C10H11ClN4O2S. The number of rotatable bonds is 3. The Bertz CT molecular complexity index is 507. The average molecular weight is 287 g/mol. The van der Waals surface area contributed by atoms with Crippen LogP contribution in [0.1, 0.15) is 5.56 Å². The SMILES string of the molecule is CNC(=S)N(C)N=Cc1c(Cl)cccc1[N+](=O)[O-]. The number of thiocarbonyl (C=S) groups is 1. The Hall–Kier alpha value is -1.73. The number of benzene rings is 1. The van der Waals surface area contributed by atoms with Crippen LogP contribution in [0.2, 0.25) is 5.02 Å². The normalized spacial score (nSPS) is 10.4. The minimum atomic E-state index is -0.510. The van der Waals surface area contributed by atoms with E-state index < -0.39 is 4.92 Å². The summed E-state index contributed by atoms with van der Waals surface area (Å²) >= 11 is 10.9. The van der Waals surface area contributed by atoms with Gasteiger partial charge in [0.2, 0.25) is 0 Å². The zero-order valence-corrected chi connectivity index (χ0v) is 11.3. The maximum Gasteiger partial charge on any atom is 0.279 e. The third kappa shape index (κ3) is 3.38. The predicted octanol–water partition coefficient (Wildman–Crippen LogP) is 2.02. The Morgan fingerprint density at radius 2 is 2.33 bits per heavy atom. The lowest BCUT2D eigenvalue weighted by Crippen LogP contribution is -2.30. The largest absolute Gasteiger partial charge is 0.364 e. The highest BCUT2D eigenvalue weighted by molar-refractivity contribution is 7.80. The molecule has 0 saturated heterocycles. The number of halogens is 1. The van der Waals surface area contributed by atoms with E-state index in [2.05, 4.69) is 10.4 Å². The minimum absolute atomic E-state index is 0.102. The Labute approximate surface area is 114 Å². The first kappa shape index (κ1) is 14.3. The molecule has 1 aromatic rings. The maximum absolute atomic E-state index is 10.8. The zero-order chi connectivity index (χ0) is 13.7. The van der Waals surface area contributed by atoms with Crippen LogP contribution < -0.4 is 5.32 Å². The van der Waals surface area contributed by atoms with Gasteiger partial charge in [-0.15, -0.1) is 0 Å². The van der Waals surface area contributed by atoms with Crippen molar-refractivity contribution in [2.45, 2.75) is 0 Å². The van der Waals surface area contributed by atoms with E-state index in [9.17, 15) is 10.1 Å². The molecule has 1 rings (SSSR count). The molecule has 1 aromatic carbocycles. The molecule has 8 heteroatoms. The lowest BCUT2D eigenvalue weighted by molar-refractivity contribution is -0.385. The smallest absolute Gasteiger partial charge is 0.279 e. The van der Waals surface area contributed by atoms with Gasteiger partial charge in [-0.05, 0) is 18.3 Å². The molecule has 18 heavy (non-hydrogen) atoms. The molecule has 0 heterocycles. The van der Waals surface area contributed by atoms with Gasteiger partial charge in [0, 0.05) is 20.2 Å². The lowest BCUT2D eigenvalue weighted by atomic mass is 10.2. The number of nitrogens with zero attached hydrogens (tertiary/aromatic N) is 3. The summed E-state index contributed by atoms with van der Waals surface area (Å²) in [5.41, 5.74) is 0.143. The topological polar surface area (TPSA) is 70.8 Å². The van der Waals surface area contributed by atoms with Crippen LogP contribution >= 0.6 is 23.8 Å². The van der Waals surface area contributed by atoms with E-state index in [0.717, 1.165) is 0 Å². The van der Waals surface area contributed by atoms with Gasteiger partial charge in [0.15, 0.2) is 5.11 Å². The van der Waals surface area contributed by atoms with Crippen LogP contribution in [0, 0.1) is 10.1 Å². The van der Waals surface area contributed by atoms with Crippen LogP contribution in [0.5, 0.6) is 0 Å². The van der Waals surface area contributed by atoms with Crippen LogP contribution in [0.25, 0.3) is 0 Å². The van der Waals surface area contributed by atoms with Gasteiger partial charge in [0.25, 0.3) is 5.69 Å². The molecule has 0 aliphatic heterocycles. The Kier molecular flexibility index (Phi) is 4.99. The van der Waals surface area contributed by atoms with Gasteiger partial charge in [-0.2, -0.15) is 5.10 Å². The van der Waals surface area contributed by atoms with Crippen LogP contribution in [-0.2, 0) is 0 Å². The van der Waals surface area contributed by atoms with E-state index in [0.29, 0.717) is 5.11 Å². The second-order valence-electron chi connectivity index (χ2n) is 3.25. The number of nitro groups is 1. The molecule has 0 unspecified atom stereocenters. The molecule has 0 spiro atoms. The van der Waals surface area contributed by atoms with Crippen molar-refractivity contribution in [2.75, 3.05) is 14.1 Å². The first-order valence-electron chi connectivity index (χ1n) is 4.89. The van der Waals surface area contributed by atoms with Crippen molar-refractivity contribution in [2.24, 2.45) is 5.10 Å². The molecule has 0 fully saturated rings. The van der Waals surface area contributed by atoms with Crippen molar-refractivity contribution in [3.05, 3.63) is 38.9 Å². The van der Waals surface area contributed by atoms with Crippen LogP contribution in [0.4, 0.5) is 5.69 Å². The number of hydrogen-bond donors (Lipinski definition) is 1. The fraction of sp³-hybridized carbons (Fsp3) is 0.200. The van der Waals surface area contributed by atoms with Gasteiger partial charge in [0.1, 0.15) is 0 Å². The summed E-state index contributed by atoms with van der Waals surface area (Å²) in [5, 5.41) is 19.6. The molecular weight excluding hydrogens is 276 g/mol. The first-order valence-corrected chi connectivity index (χ1v) is 5.68. The molecule has 0 radical (unpaired) electrons. The molecule has 96 valence electrons. The second-order valence-corrected chi connectivity index (χ2v) is 4.05. The lowest BCUT2D eigenvalue weighted by Gasteiger charge is -2.12. The molecule has 0 aliphatic carbocycles. The number of hydrazone groups is 1. The Morgan fingerprint density at radius 1 is 1.67 bits per heavy atom. The molecule has 0 saturated carbocycles. The van der Waals surface area contributed by atoms with Gasteiger partial charge < -0.3 is 5.32 Å². The quantitative estimate of drug-likeness (QED) is 0.398. The van der Waals surface area contributed by atoms with Gasteiger partial charge in [-0.25, -0.2) is 5.01 Å². The second kappa shape index (κ2) is 6.27. The van der Waals surface area contributed by atoms with Gasteiger partial charge in [0.05, 0.1) is 21.7 Å². The third-order valence-corrected chi connectivity index (χ3v) is 2.89. The highest BCUT2D eigenvalue weighted by atomic mass is 35.5. The number of nitrogens with one attached hydrogen (secondary N) is 1. The third-order valence-electron chi connectivity index (χ3n) is 2.09. The minimum Gasteiger partial charge on any atom is -0.364 e. The van der Waals surface area contributed by atoms with Crippen molar-refractivity contribution < 1.29 is 4.92 Å². The standard InChI is InChI=1S/C10H11ClN4O2S/c1-12-10(18)14(2)13-6-7-8(11)4-3-5-9(7)15(16)17/h3-6H,1-2H3,(H,12,18). The summed E-state index contributed by atoms with van der Waals surface area (Å²) in [6, 6.07) is 4.44. The molecule has 0 bridgehead atoms. The Morgan fingerprint density at radius 3 is 2.89 bits per heavy atom. The van der Waals surface area contributed by atoms with Gasteiger partial charge >= 0.3 is 0 Å². The molecule has 0 atom stereocenters. The van der Waals surface area contributed by atoms with Gasteiger partial charge in [-0.1, -0.05) is 17.7 Å². The van der Waals surface area contributed by atoms with Crippen LogP contribution in [0.3, 0.4) is 0 Å². The predicted molar refractivity (Wildman–Crippen MR) is 75.1 cm³/mol. The average Bonchev–Trinajstić information content (AvgIpc) is 2.35. The van der Waals surface area contributed by atoms with Crippen molar-refractivity contribution >= 4 is 40.8 Å². The Balaban J connectivity index is 3.07. The fourth-order valence-corrected chi connectivity index (χ4v) is 1.44. The highest BCUT2D eigenvalue weighted by Crippen LogP contribution is 2.24.